The first kappa shape index (κ1) is 10.6. The van der Waals surface area contributed by atoms with Gasteiger partial charge in [-0.05, 0) is 30.4 Å². The lowest BCUT2D eigenvalue weighted by molar-refractivity contribution is 0.488. The van der Waals surface area contributed by atoms with Crippen molar-refractivity contribution in [3.8, 4) is 0 Å². The molecule has 2 atom stereocenters. The van der Waals surface area contributed by atoms with Crippen LogP contribution in [0.5, 0.6) is 0 Å². The molecule has 1 aromatic heterocycles. The van der Waals surface area contributed by atoms with E-state index in [-0.39, 0.29) is 11.9 Å². The van der Waals surface area contributed by atoms with Crippen molar-refractivity contribution in [2.24, 2.45) is 5.41 Å². The second-order valence-corrected chi connectivity index (χ2v) is 5.07. The highest BCUT2D eigenvalue weighted by atomic mass is 19.1. The number of nitrogens with zero attached hydrogens (tertiary/aromatic N) is 1. The molecule has 0 radical (unpaired) electrons. The van der Waals surface area contributed by atoms with Gasteiger partial charge in [0.05, 0.1) is 6.20 Å². The van der Waals surface area contributed by atoms with Crippen LogP contribution in [0.4, 0.5) is 4.39 Å². The molecule has 0 aliphatic heterocycles. The Balaban J connectivity index is 1.99. The van der Waals surface area contributed by atoms with Gasteiger partial charge >= 0.3 is 0 Å². The molecule has 0 saturated heterocycles. The Labute approximate surface area is 89.9 Å². The third-order valence-corrected chi connectivity index (χ3v) is 3.19. The third kappa shape index (κ3) is 2.34. The van der Waals surface area contributed by atoms with E-state index in [1.807, 2.05) is 6.92 Å². The topological polar surface area (TPSA) is 24.9 Å². The molecule has 2 rings (SSSR count). The number of nitrogens with one attached hydrogen (secondary N) is 1. The first-order chi connectivity index (χ1) is 6.99. The zero-order chi connectivity index (χ0) is 11.1. The van der Waals surface area contributed by atoms with Gasteiger partial charge in [0.2, 0.25) is 0 Å². The first-order valence-electron chi connectivity index (χ1n) is 5.35. The summed E-state index contributed by atoms with van der Waals surface area (Å²) in [5, 5.41) is 3.48. The van der Waals surface area contributed by atoms with Crippen LogP contribution in [0, 0.1) is 11.2 Å². The van der Waals surface area contributed by atoms with E-state index < -0.39 is 0 Å². The van der Waals surface area contributed by atoms with Crippen molar-refractivity contribution in [2.45, 2.75) is 39.3 Å². The van der Waals surface area contributed by atoms with Gasteiger partial charge < -0.3 is 5.32 Å². The molecule has 2 unspecified atom stereocenters. The molecule has 0 bridgehead atoms. The van der Waals surface area contributed by atoms with E-state index in [0.717, 1.165) is 5.56 Å². The third-order valence-electron chi connectivity index (χ3n) is 3.19. The highest BCUT2D eigenvalue weighted by Crippen LogP contribution is 2.45. The van der Waals surface area contributed by atoms with Crippen molar-refractivity contribution in [3.05, 3.63) is 29.8 Å². The van der Waals surface area contributed by atoms with Crippen LogP contribution < -0.4 is 5.32 Å². The Morgan fingerprint density at radius 2 is 2.20 bits per heavy atom. The fourth-order valence-corrected chi connectivity index (χ4v) is 1.81. The van der Waals surface area contributed by atoms with Gasteiger partial charge in [-0.3, -0.25) is 4.98 Å². The Bertz CT molecular complexity index is 362. The molecule has 1 fully saturated rings. The maximum atomic E-state index is 12.9. The fraction of sp³-hybridized carbons (Fsp3) is 0.583. The zero-order valence-corrected chi connectivity index (χ0v) is 9.42. The molecule has 3 heteroatoms. The van der Waals surface area contributed by atoms with Gasteiger partial charge in [-0.1, -0.05) is 13.8 Å². The summed E-state index contributed by atoms with van der Waals surface area (Å²) in [5.41, 5.74) is 1.31. The summed E-state index contributed by atoms with van der Waals surface area (Å²) >= 11 is 0. The van der Waals surface area contributed by atoms with Crippen LogP contribution in [0.3, 0.4) is 0 Å². The Kier molecular flexibility index (Phi) is 2.51. The van der Waals surface area contributed by atoms with Gasteiger partial charge in [-0.15, -0.1) is 0 Å². The van der Waals surface area contributed by atoms with Gasteiger partial charge in [0.25, 0.3) is 0 Å². The molecule has 1 aliphatic carbocycles. The molecule has 1 aliphatic rings. The maximum Gasteiger partial charge on any atom is 0.141 e. The van der Waals surface area contributed by atoms with Crippen LogP contribution in [0.2, 0.25) is 0 Å². The van der Waals surface area contributed by atoms with Crippen LogP contribution in [0.25, 0.3) is 0 Å². The van der Waals surface area contributed by atoms with E-state index in [1.165, 1.54) is 12.6 Å². The van der Waals surface area contributed by atoms with Crippen molar-refractivity contribution >= 4 is 0 Å². The maximum absolute atomic E-state index is 12.9. The predicted octanol–water partition coefficient (Wildman–Crippen LogP) is 2.67. The molecule has 0 amide bonds. The van der Waals surface area contributed by atoms with E-state index in [9.17, 15) is 4.39 Å². The molecular weight excluding hydrogens is 191 g/mol. The summed E-state index contributed by atoms with van der Waals surface area (Å²) < 4.78 is 12.9. The quantitative estimate of drug-likeness (QED) is 0.826. The fourth-order valence-electron chi connectivity index (χ4n) is 1.81. The van der Waals surface area contributed by atoms with E-state index in [0.29, 0.717) is 11.5 Å². The van der Waals surface area contributed by atoms with Gasteiger partial charge in [0.15, 0.2) is 0 Å². The van der Waals surface area contributed by atoms with E-state index in [4.69, 9.17) is 0 Å². The van der Waals surface area contributed by atoms with Gasteiger partial charge in [0.1, 0.15) is 5.82 Å². The number of hydrogen-bond donors (Lipinski definition) is 1. The van der Waals surface area contributed by atoms with Crippen molar-refractivity contribution in [2.75, 3.05) is 0 Å². The highest BCUT2D eigenvalue weighted by molar-refractivity contribution is 5.16. The van der Waals surface area contributed by atoms with Crippen LogP contribution in [-0.4, -0.2) is 11.0 Å². The standard InChI is InChI=1S/C12H17FN2/c1-8(15-11-5-12(11,2)3)9-4-10(13)7-14-6-9/h4,6-8,11,15H,5H2,1-3H3. The lowest BCUT2D eigenvalue weighted by atomic mass is 10.1. The number of rotatable bonds is 3. The molecule has 0 spiro atoms. The lowest BCUT2D eigenvalue weighted by Crippen LogP contribution is -2.24. The molecule has 2 nitrogen and oxygen atoms in total. The zero-order valence-electron chi connectivity index (χ0n) is 9.42. The molecule has 1 N–H and O–H groups in total. The number of aromatic nitrogens is 1. The normalized spacial score (nSPS) is 24.9. The van der Waals surface area contributed by atoms with Gasteiger partial charge in [0, 0.05) is 18.3 Å². The number of pyridine rings is 1. The average Bonchev–Trinajstić information content (AvgIpc) is 2.73. The predicted molar refractivity (Wildman–Crippen MR) is 57.9 cm³/mol. The van der Waals surface area contributed by atoms with E-state index in [2.05, 4.69) is 24.1 Å². The summed E-state index contributed by atoms with van der Waals surface area (Å²) in [7, 11) is 0. The summed E-state index contributed by atoms with van der Waals surface area (Å²) in [6.45, 7) is 6.52. The monoisotopic (exact) mass is 208 g/mol. The summed E-state index contributed by atoms with van der Waals surface area (Å²) in [5.74, 6) is -0.267. The largest absolute Gasteiger partial charge is 0.307 e. The second kappa shape index (κ2) is 3.56. The minimum Gasteiger partial charge on any atom is -0.307 e. The smallest absolute Gasteiger partial charge is 0.141 e. The molecular formula is C12H17FN2. The summed E-state index contributed by atoms with van der Waals surface area (Å²) in [6, 6.07) is 2.26. The van der Waals surface area contributed by atoms with Crippen molar-refractivity contribution in [1.82, 2.24) is 10.3 Å². The van der Waals surface area contributed by atoms with Gasteiger partial charge in [-0.25, -0.2) is 4.39 Å². The SMILES string of the molecule is CC(NC1CC1(C)C)c1cncc(F)c1. The molecule has 0 aromatic carbocycles. The number of halogens is 1. The molecule has 1 aromatic rings. The highest BCUT2D eigenvalue weighted by Gasteiger charge is 2.45. The Morgan fingerprint density at radius 3 is 2.73 bits per heavy atom. The van der Waals surface area contributed by atoms with Crippen LogP contribution in [0.15, 0.2) is 18.5 Å². The first-order valence-corrected chi connectivity index (χ1v) is 5.35. The second-order valence-electron chi connectivity index (χ2n) is 5.07. The van der Waals surface area contributed by atoms with Crippen LogP contribution >= 0.6 is 0 Å². The summed E-state index contributed by atoms with van der Waals surface area (Å²) in [4.78, 5) is 3.85. The average molecular weight is 208 g/mol. The number of hydrogen-bond acceptors (Lipinski definition) is 2. The van der Waals surface area contributed by atoms with Gasteiger partial charge in [-0.2, -0.15) is 0 Å². The van der Waals surface area contributed by atoms with E-state index in [1.54, 1.807) is 12.3 Å². The minimum absolute atomic E-state index is 0.167. The van der Waals surface area contributed by atoms with Crippen molar-refractivity contribution in [3.63, 3.8) is 0 Å². The molecule has 15 heavy (non-hydrogen) atoms. The lowest BCUT2D eigenvalue weighted by Gasteiger charge is -2.15. The Hall–Kier alpha value is -0.960. The van der Waals surface area contributed by atoms with E-state index >= 15 is 0 Å². The molecule has 1 heterocycles. The van der Waals surface area contributed by atoms with Crippen LogP contribution in [0.1, 0.15) is 38.8 Å². The molecule has 82 valence electrons. The van der Waals surface area contributed by atoms with Crippen molar-refractivity contribution in [1.29, 1.82) is 0 Å². The summed E-state index contributed by atoms with van der Waals surface area (Å²) in [6.07, 6.45) is 4.15. The van der Waals surface area contributed by atoms with Crippen LogP contribution in [-0.2, 0) is 0 Å². The van der Waals surface area contributed by atoms with Crippen molar-refractivity contribution < 1.29 is 4.39 Å². The Morgan fingerprint density at radius 1 is 1.53 bits per heavy atom. The minimum atomic E-state index is -0.267. The molecule has 1 saturated carbocycles.